The number of aryl methyl sites for hydroxylation is 1. The number of aromatic nitrogens is 2. The monoisotopic (exact) mass is 406 g/mol. The number of nitrogens with zero attached hydrogens (tertiary/aromatic N) is 3. The van der Waals surface area contributed by atoms with E-state index in [1.807, 2.05) is 27.0 Å². The van der Waals surface area contributed by atoms with Crippen molar-refractivity contribution in [3.63, 3.8) is 0 Å². The normalized spacial score (nSPS) is 19.7. The van der Waals surface area contributed by atoms with Crippen molar-refractivity contribution < 1.29 is 12.9 Å². The van der Waals surface area contributed by atoms with Crippen molar-refractivity contribution >= 4 is 33.8 Å². The van der Waals surface area contributed by atoms with Crippen LogP contribution in [0.1, 0.15) is 42.4 Å². The minimum atomic E-state index is -3.52. The fourth-order valence-electron chi connectivity index (χ4n) is 2.80. The average molecular weight is 407 g/mol. The largest absolute Gasteiger partial charge is 0.338 e. The van der Waals surface area contributed by atoms with E-state index in [2.05, 4.69) is 15.5 Å². The second kappa shape index (κ2) is 8.13. The van der Waals surface area contributed by atoms with Crippen LogP contribution in [-0.4, -0.2) is 42.5 Å². The molecular weight excluding hydrogens is 384 g/mol. The summed E-state index contributed by atoms with van der Waals surface area (Å²) >= 11 is 1.29. The number of sulfonamides is 1. The van der Waals surface area contributed by atoms with Crippen LogP contribution < -0.4 is 5.32 Å². The number of hydrogen-bond donors (Lipinski definition) is 1. The molecule has 140 valence electrons. The Labute approximate surface area is 158 Å². The summed E-state index contributed by atoms with van der Waals surface area (Å²) < 4.78 is 33.0. The van der Waals surface area contributed by atoms with Gasteiger partial charge >= 0.3 is 0 Å². The lowest BCUT2D eigenvalue weighted by Crippen LogP contribution is -2.30. The summed E-state index contributed by atoms with van der Waals surface area (Å²) in [7, 11) is -1.65. The minimum absolute atomic E-state index is 0. The Bertz CT molecular complexity index is 805. The van der Waals surface area contributed by atoms with Gasteiger partial charge in [-0.2, -0.15) is 9.29 Å². The summed E-state index contributed by atoms with van der Waals surface area (Å²) in [5.74, 6) is 0.991. The van der Waals surface area contributed by atoms with Crippen molar-refractivity contribution in [2.45, 2.75) is 49.4 Å². The maximum atomic E-state index is 12.9. The summed E-state index contributed by atoms with van der Waals surface area (Å²) in [6, 6.07) is 3.35. The van der Waals surface area contributed by atoms with Gasteiger partial charge in [0.2, 0.25) is 5.89 Å². The lowest BCUT2D eigenvalue weighted by Gasteiger charge is -2.20. The van der Waals surface area contributed by atoms with Gasteiger partial charge in [0, 0.05) is 23.9 Å². The van der Waals surface area contributed by atoms with Gasteiger partial charge in [0.25, 0.3) is 10.0 Å². The molecule has 0 amide bonds. The third-order valence-electron chi connectivity index (χ3n) is 4.23. The fourth-order valence-corrected chi connectivity index (χ4v) is 5.87. The molecular formula is C15H23ClN4O3S2. The smallest absolute Gasteiger partial charge is 0.253 e. The van der Waals surface area contributed by atoms with Crippen LogP contribution in [0.2, 0.25) is 0 Å². The molecule has 3 rings (SSSR count). The third-order valence-corrected chi connectivity index (χ3v) is 7.61. The van der Waals surface area contributed by atoms with Crippen molar-refractivity contribution in [3.8, 4) is 0 Å². The third kappa shape index (κ3) is 4.22. The van der Waals surface area contributed by atoms with Crippen LogP contribution in [0.5, 0.6) is 0 Å². The van der Waals surface area contributed by atoms with Crippen molar-refractivity contribution in [2.75, 3.05) is 13.6 Å². The molecule has 2 unspecified atom stereocenters. The highest BCUT2D eigenvalue weighted by Crippen LogP contribution is 2.37. The van der Waals surface area contributed by atoms with Crippen molar-refractivity contribution in [3.05, 3.63) is 28.7 Å². The highest BCUT2D eigenvalue weighted by molar-refractivity contribution is 7.91. The molecule has 2 aromatic rings. The second-order valence-corrected chi connectivity index (χ2v) is 9.49. The van der Waals surface area contributed by atoms with E-state index in [1.54, 1.807) is 6.07 Å². The lowest BCUT2D eigenvalue weighted by atomic mass is 10.2. The first-order valence-corrected chi connectivity index (χ1v) is 10.3. The first-order chi connectivity index (χ1) is 11.4. The Morgan fingerprint density at radius 3 is 2.88 bits per heavy atom. The Morgan fingerprint density at radius 2 is 2.24 bits per heavy atom. The number of rotatable bonds is 6. The summed E-state index contributed by atoms with van der Waals surface area (Å²) in [5.41, 5.74) is 0. The Kier molecular flexibility index (Phi) is 6.61. The number of halogens is 1. The van der Waals surface area contributed by atoms with Crippen LogP contribution in [0.25, 0.3) is 0 Å². The van der Waals surface area contributed by atoms with Crippen molar-refractivity contribution in [1.82, 2.24) is 19.8 Å². The molecule has 0 saturated carbocycles. The molecule has 1 aliphatic rings. The molecule has 0 spiro atoms. The first-order valence-electron chi connectivity index (χ1n) is 8.00. The highest BCUT2D eigenvalue weighted by atomic mass is 35.5. The van der Waals surface area contributed by atoms with Gasteiger partial charge in [-0.15, -0.1) is 23.7 Å². The van der Waals surface area contributed by atoms with E-state index in [0.717, 1.165) is 11.3 Å². The van der Waals surface area contributed by atoms with Gasteiger partial charge in [0.05, 0.1) is 0 Å². The van der Waals surface area contributed by atoms with Gasteiger partial charge in [-0.25, -0.2) is 8.42 Å². The predicted octanol–water partition coefficient (Wildman–Crippen LogP) is 2.54. The Balaban J connectivity index is 0.00000225. The van der Waals surface area contributed by atoms with Crippen LogP contribution in [0.15, 0.2) is 20.9 Å². The molecule has 2 atom stereocenters. The fraction of sp³-hybridized carbons (Fsp3) is 0.600. The number of nitrogens with one attached hydrogen (secondary N) is 1. The standard InChI is InChI=1S/C15H22N4O3S2.ClH/c1-10(16-3)9-13-17-15(22-18-13)12-5-4-8-19(12)24(20,21)14-7-6-11(2)23-14;/h6-7,10,12,16H,4-5,8-9H2,1-3H3;1H. The second-order valence-electron chi connectivity index (χ2n) is 6.08. The predicted molar refractivity (Wildman–Crippen MR) is 98.7 cm³/mol. The molecule has 0 bridgehead atoms. The van der Waals surface area contributed by atoms with Crippen LogP contribution in [0.4, 0.5) is 0 Å². The van der Waals surface area contributed by atoms with Crippen LogP contribution >= 0.6 is 23.7 Å². The Morgan fingerprint density at radius 1 is 1.48 bits per heavy atom. The van der Waals surface area contributed by atoms with Gasteiger partial charge in [0.15, 0.2) is 5.82 Å². The molecule has 1 fully saturated rings. The van der Waals surface area contributed by atoms with E-state index in [9.17, 15) is 8.42 Å². The molecule has 10 heteroatoms. The van der Waals surface area contributed by atoms with E-state index in [0.29, 0.717) is 35.3 Å². The van der Waals surface area contributed by atoms with Gasteiger partial charge < -0.3 is 9.84 Å². The maximum Gasteiger partial charge on any atom is 0.253 e. The van der Waals surface area contributed by atoms with E-state index in [4.69, 9.17) is 4.52 Å². The summed E-state index contributed by atoms with van der Waals surface area (Å²) in [6.45, 7) is 4.41. The van der Waals surface area contributed by atoms with Crippen LogP contribution in [0, 0.1) is 6.92 Å². The zero-order valence-corrected chi connectivity index (χ0v) is 16.9. The SMILES string of the molecule is CNC(C)Cc1noc(C2CCCN2S(=O)(=O)c2ccc(C)s2)n1.Cl. The quantitative estimate of drug-likeness (QED) is 0.792. The van der Waals surface area contributed by atoms with Crippen molar-refractivity contribution in [1.29, 1.82) is 0 Å². The zero-order valence-electron chi connectivity index (χ0n) is 14.4. The van der Waals surface area contributed by atoms with E-state index < -0.39 is 10.0 Å². The van der Waals surface area contributed by atoms with Gasteiger partial charge in [-0.05, 0) is 45.9 Å². The van der Waals surface area contributed by atoms with E-state index >= 15 is 0 Å². The summed E-state index contributed by atoms with van der Waals surface area (Å²) in [6.07, 6.45) is 2.13. The molecule has 0 radical (unpaired) electrons. The molecule has 0 aromatic carbocycles. The van der Waals surface area contributed by atoms with Crippen LogP contribution in [0.3, 0.4) is 0 Å². The zero-order chi connectivity index (χ0) is 17.3. The molecule has 7 nitrogen and oxygen atoms in total. The van der Waals surface area contributed by atoms with Crippen LogP contribution in [-0.2, 0) is 16.4 Å². The molecule has 25 heavy (non-hydrogen) atoms. The molecule has 1 aliphatic heterocycles. The molecule has 1 N–H and O–H groups in total. The number of thiophene rings is 1. The topological polar surface area (TPSA) is 88.3 Å². The first kappa shape index (κ1) is 20.3. The number of hydrogen-bond acceptors (Lipinski definition) is 7. The van der Waals surface area contributed by atoms with Gasteiger partial charge in [-0.1, -0.05) is 5.16 Å². The summed E-state index contributed by atoms with van der Waals surface area (Å²) in [5, 5.41) is 7.12. The average Bonchev–Trinajstić information content (AvgIpc) is 3.25. The van der Waals surface area contributed by atoms with Crippen molar-refractivity contribution in [2.24, 2.45) is 0 Å². The highest BCUT2D eigenvalue weighted by Gasteiger charge is 2.39. The Hall–Kier alpha value is -1.00. The lowest BCUT2D eigenvalue weighted by molar-refractivity contribution is 0.289. The molecule has 3 heterocycles. The molecule has 0 aliphatic carbocycles. The van der Waals surface area contributed by atoms with E-state index in [-0.39, 0.29) is 24.5 Å². The molecule has 2 aromatic heterocycles. The summed E-state index contributed by atoms with van der Waals surface area (Å²) in [4.78, 5) is 5.40. The van der Waals surface area contributed by atoms with Gasteiger partial charge in [-0.3, -0.25) is 0 Å². The molecule has 1 saturated heterocycles. The number of likely N-dealkylation sites (N-methyl/N-ethyl adjacent to an activating group) is 1. The van der Waals surface area contributed by atoms with Gasteiger partial charge in [0.1, 0.15) is 10.3 Å². The minimum Gasteiger partial charge on any atom is -0.338 e. The maximum absolute atomic E-state index is 12.9. The van der Waals surface area contributed by atoms with E-state index in [1.165, 1.54) is 15.6 Å².